The largest absolute Gasteiger partial charge is 0.300 e. The number of aromatic nitrogens is 3. The minimum atomic E-state index is -0.129. The van der Waals surface area contributed by atoms with E-state index in [9.17, 15) is 4.79 Å². The molecule has 0 saturated carbocycles. The fourth-order valence-corrected chi connectivity index (χ4v) is 4.84. The molecule has 1 atom stereocenters. The van der Waals surface area contributed by atoms with Crippen LogP contribution in [0.25, 0.3) is 0 Å². The number of carbonyl (C=O) groups excluding carboxylic acids is 1. The lowest BCUT2D eigenvalue weighted by Gasteiger charge is -2.23. The topological polar surface area (TPSA) is 60.1 Å². The monoisotopic (exact) mass is 514 g/mol. The molecule has 2 aromatic carbocycles. The lowest BCUT2D eigenvalue weighted by atomic mass is 10.0. The van der Waals surface area contributed by atoms with Crippen LogP contribution in [0.1, 0.15) is 36.2 Å². The third-order valence-corrected chi connectivity index (χ3v) is 6.81. The summed E-state index contributed by atoms with van der Waals surface area (Å²) in [4.78, 5) is 12.5. The van der Waals surface area contributed by atoms with Crippen LogP contribution in [-0.2, 0) is 11.2 Å². The van der Waals surface area contributed by atoms with E-state index in [0.29, 0.717) is 35.9 Å². The number of ketones is 1. The Morgan fingerprint density at radius 2 is 1.90 bits per heavy atom. The first-order valence-electron chi connectivity index (χ1n) is 9.86. The van der Waals surface area contributed by atoms with Crippen molar-refractivity contribution in [3.8, 4) is 0 Å². The van der Waals surface area contributed by atoms with Crippen molar-refractivity contribution in [3.63, 3.8) is 0 Å². The Labute approximate surface area is 198 Å². The molecule has 0 spiro atoms. The fourth-order valence-electron chi connectivity index (χ4n) is 3.29. The summed E-state index contributed by atoms with van der Waals surface area (Å²) >= 11 is 11.1. The van der Waals surface area contributed by atoms with Crippen LogP contribution in [0.5, 0.6) is 0 Å². The van der Waals surface area contributed by atoms with Gasteiger partial charge in [0.15, 0.2) is 5.82 Å². The number of hydrogen-bond donors (Lipinski definition) is 0. The first-order valence-corrected chi connectivity index (χ1v) is 11.9. The molecule has 0 amide bonds. The maximum absolute atomic E-state index is 12.5. The highest BCUT2D eigenvalue weighted by Gasteiger charge is 2.30. The molecular formula is C23H20BrClN4OS. The van der Waals surface area contributed by atoms with Gasteiger partial charge in [-0.3, -0.25) is 4.79 Å². The Balaban J connectivity index is 1.66. The van der Waals surface area contributed by atoms with E-state index in [-0.39, 0.29) is 11.0 Å². The van der Waals surface area contributed by atoms with Crippen molar-refractivity contribution in [1.82, 2.24) is 14.9 Å². The van der Waals surface area contributed by atoms with Crippen molar-refractivity contribution >= 4 is 50.8 Å². The molecule has 1 aliphatic rings. The van der Waals surface area contributed by atoms with Crippen molar-refractivity contribution in [1.29, 1.82) is 0 Å². The molecule has 158 valence electrons. The molecule has 1 unspecified atom stereocenters. The minimum Gasteiger partial charge on any atom is -0.300 e. The quantitative estimate of drug-likeness (QED) is 0.349. The number of halogens is 2. The van der Waals surface area contributed by atoms with Gasteiger partial charge >= 0.3 is 0 Å². The molecule has 31 heavy (non-hydrogen) atoms. The normalized spacial score (nSPS) is 15.3. The van der Waals surface area contributed by atoms with Gasteiger partial charge in [0.05, 0.1) is 11.0 Å². The predicted octanol–water partition coefficient (Wildman–Crippen LogP) is 5.94. The summed E-state index contributed by atoms with van der Waals surface area (Å²) in [7, 11) is 0. The number of carbonyl (C=O) groups is 1. The van der Waals surface area contributed by atoms with Gasteiger partial charge in [-0.2, -0.15) is 9.78 Å². The highest BCUT2D eigenvalue weighted by atomic mass is 79.9. The Bertz CT molecular complexity index is 1130. The van der Waals surface area contributed by atoms with E-state index in [1.807, 2.05) is 48.5 Å². The van der Waals surface area contributed by atoms with Gasteiger partial charge in [-0.25, -0.2) is 0 Å². The molecule has 4 rings (SSSR count). The third kappa shape index (κ3) is 5.34. The lowest BCUT2D eigenvalue weighted by Crippen LogP contribution is -2.27. The average molecular weight is 516 g/mol. The van der Waals surface area contributed by atoms with E-state index in [2.05, 4.69) is 32.7 Å². The van der Waals surface area contributed by atoms with Gasteiger partial charge < -0.3 is 0 Å². The smallest absolute Gasteiger partial charge is 0.212 e. The van der Waals surface area contributed by atoms with Gasteiger partial charge in [0.25, 0.3) is 0 Å². The fraction of sp³-hybridized carbons (Fsp3) is 0.217. The van der Waals surface area contributed by atoms with Crippen LogP contribution < -0.4 is 0 Å². The maximum atomic E-state index is 12.5. The summed E-state index contributed by atoms with van der Waals surface area (Å²) < 4.78 is 2.82. The number of fused-ring (bicyclic) bond motifs is 1. The first kappa shape index (κ1) is 22.0. The first-order chi connectivity index (χ1) is 15.0. The second kappa shape index (κ2) is 9.94. The predicted molar refractivity (Wildman–Crippen MR) is 129 cm³/mol. The van der Waals surface area contributed by atoms with Gasteiger partial charge in [-0.05, 0) is 41.8 Å². The van der Waals surface area contributed by atoms with E-state index >= 15 is 0 Å². The molecule has 1 aromatic heterocycles. The molecule has 0 fully saturated rings. The number of rotatable bonds is 8. The number of allylic oxidation sites excluding steroid dienone is 1. The number of thioether (sulfide) groups is 1. The van der Waals surface area contributed by atoms with Crippen LogP contribution in [0, 0.1) is 0 Å². The van der Waals surface area contributed by atoms with Gasteiger partial charge in [-0.1, -0.05) is 69.6 Å². The lowest BCUT2D eigenvalue weighted by molar-refractivity contribution is -0.118. The number of Topliss-reactive ketones (excluding diaryl/α,β-unsaturated/α-hetero) is 1. The van der Waals surface area contributed by atoms with Crippen LogP contribution in [0.3, 0.4) is 0 Å². The SMILES string of the molecule is C=CCCC(=O)CC1Sc2nnc(Cc3ccc(Br)cc3)n2N=C1c1ccc(Cl)cc1. The summed E-state index contributed by atoms with van der Waals surface area (Å²) in [6.45, 7) is 3.70. The number of hydrogen-bond acceptors (Lipinski definition) is 5. The van der Waals surface area contributed by atoms with Crippen LogP contribution >= 0.6 is 39.3 Å². The van der Waals surface area contributed by atoms with E-state index in [4.69, 9.17) is 16.7 Å². The third-order valence-electron chi connectivity index (χ3n) is 4.89. The summed E-state index contributed by atoms with van der Waals surface area (Å²) in [5, 5.41) is 14.8. The molecule has 0 saturated heterocycles. The highest BCUT2D eigenvalue weighted by Crippen LogP contribution is 2.33. The summed E-state index contributed by atoms with van der Waals surface area (Å²) in [6, 6.07) is 15.7. The standard InChI is InChI=1S/C23H20BrClN4OS/c1-2-3-4-19(30)14-20-22(16-7-11-18(25)12-8-16)28-29-21(26-27-23(29)31-20)13-15-5-9-17(24)10-6-15/h2,5-12,20H,1,3-4,13-14H2. The second-order valence-corrected chi connectivity index (χ2v) is 9.70. The molecular weight excluding hydrogens is 496 g/mol. The van der Waals surface area contributed by atoms with Crippen molar-refractivity contribution in [2.24, 2.45) is 5.10 Å². The molecule has 0 radical (unpaired) electrons. The van der Waals surface area contributed by atoms with Crippen LogP contribution in [0.4, 0.5) is 0 Å². The Hall–Kier alpha value is -2.22. The Kier molecular flexibility index (Phi) is 7.05. The molecule has 8 heteroatoms. The van der Waals surface area contributed by atoms with Crippen molar-refractivity contribution in [3.05, 3.63) is 87.6 Å². The van der Waals surface area contributed by atoms with Crippen LogP contribution in [0.2, 0.25) is 5.02 Å². The Morgan fingerprint density at radius 3 is 2.61 bits per heavy atom. The molecule has 0 N–H and O–H groups in total. The molecule has 1 aliphatic heterocycles. The van der Waals surface area contributed by atoms with Gasteiger partial charge in [-0.15, -0.1) is 16.8 Å². The molecule has 0 aliphatic carbocycles. The zero-order chi connectivity index (χ0) is 21.8. The highest BCUT2D eigenvalue weighted by molar-refractivity contribution is 9.10. The van der Waals surface area contributed by atoms with Crippen molar-refractivity contribution < 1.29 is 4.79 Å². The summed E-state index contributed by atoms with van der Waals surface area (Å²) in [5.41, 5.74) is 2.89. The molecule has 3 aromatic rings. The van der Waals surface area contributed by atoms with Crippen molar-refractivity contribution in [2.75, 3.05) is 0 Å². The zero-order valence-electron chi connectivity index (χ0n) is 16.7. The number of nitrogens with zero attached hydrogens (tertiary/aromatic N) is 4. The maximum Gasteiger partial charge on any atom is 0.212 e. The number of benzene rings is 2. The van der Waals surface area contributed by atoms with E-state index in [1.165, 1.54) is 11.8 Å². The molecule has 2 heterocycles. The van der Waals surface area contributed by atoms with Crippen LogP contribution in [0.15, 0.2) is 75.9 Å². The zero-order valence-corrected chi connectivity index (χ0v) is 19.8. The van der Waals surface area contributed by atoms with E-state index in [0.717, 1.165) is 27.1 Å². The molecule has 5 nitrogen and oxygen atoms in total. The average Bonchev–Trinajstić information content (AvgIpc) is 3.15. The summed E-state index contributed by atoms with van der Waals surface area (Å²) in [6.07, 6.45) is 3.92. The van der Waals surface area contributed by atoms with Crippen molar-refractivity contribution in [2.45, 2.75) is 36.1 Å². The Morgan fingerprint density at radius 1 is 1.16 bits per heavy atom. The van der Waals surface area contributed by atoms with E-state index < -0.39 is 0 Å². The van der Waals surface area contributed by atoms with Gasteiger partial charge in [0, 0.05) is 28.8 Å². The minimum absolute atomic E-state index is 0.129. The second-order valence-electron chi connectivity index (χ2n) is 7.18. The summed E-state index contributed by atoms with van der Waals surface area (Å²) in [5.74, 6) is 0.940. The van der Waals surface area contributed by atoms with Gasteiger partial charge in [0.1, 0.15) is 5.78 Å². The van der Waals surface area contributed by atoms with Crippen LogP contribution in [-0.4, -0.2) is 31.6 Å². The van der Waals surface area contributed by atoms with Gasteiger partial charge in [0.2, 0.25) is 5.16 Å². The van der Waals surface area contributed by atoms with E-state index in [1.54, 1.807) is 10.8 Å². The molecule has 0 bridgehead atoms.